The van der Waals surface area contributed by atoms with Crippen LogP contribution in [0.2, 0.25) is 0 Å². The third-order valence-electron chi connectivity index (χ3n) is 8.00. The van der Waals surface area contributed by atoms with Gasteiger partial charge in [-0.05, 0) is 49.6 Å². The highest BCUT2D eigenvalue weighted by Gasteiger charge is 2.27. The Hall–Kier alpha value is -4.76. The van der Waals surface area contributed by atoms with Gasteiger partial charge in [0.05, 0.1) is 35.9 Å². The highest BCUT2D eigenvalue weighted by Crippen LogP contribution is 2.40. The first-order valence-electron chi connectivity index (χ1n) is 14.5. The summed E-state index contributed by atoms with van der Waals surface area (Å²) in [5.74, 6) is -2.75. The number of hydrogen-bond acceptors (Lipinski definition) is 9. The van der Waals surface area contributed by atoms with Gasteiger partial charge in [-0.15, -0.1) is 0 Å². The largest absolute Gasteiger partial charge is 0.497 e. The maximum absolute atomic E-state index is 13.3. The van der Waals surface area contributed by atoms with Crippen molar-refractivity contribution < 1.29 is 31.4 Å². The number of ether oxygens (including phenoxy) is 3. The van der Waals surface area contributed by atoms with Crippen molar-refractivity contribution in [3.05, 3.63) is 66.6 Å². The van der Waals surface area contributed by atoms with Crippen LogP contribution in [-0.2, 0) is 21.8 Å². The molecule has 5 aromatic rings. The third kappa shape index (κ3) is 6.07. The van der Waals surface area contributed by atoms with Crippen LogP contribution in [0.1, 0.15) is 37.5 Å². The highest BCUT2D eigenvalue weighted by molar-refractivity contribution is 7.93. The summed E-state index contributed by atoms with van der Waals surface area (Å²) in [5.41, 5.74) is 10.3. The van der Waals surface area contributed by atoms with Gasteiger partial charge in [0.25, 0.3) is 10.0 Å². The van der Waals surface area contributed by atoms with Gasteiger partial charge in [0.15, 0.2) is 0 Å². The van der Waals surface area contributed by atoms with E-state index in [1.54, 1.807) is 74.6 Å². The second-order valence-electron chi connectivity index (χ2n) is 11.0. The zero-order valence-electron chi connectivity index (χ0n) is 25.4. The lowest BCUT2D eigenvalue weighted by Crippen LogP contribution is -2.21. The number of nitrogen functional groups attached to an aromatic ring is 1. The average Bonchev–Trinajstić information content (AvgIpc) is 3.68. The number of hydrogen-bond donors (Lipinski definition) is 2. The average molecular weight is 654 g/mol. The molecule has 0 unspecified atom stereocenters. The smallest absolute Gasteiger partial charge is 0.355 e. The summed E-state index contributed by atoms with van der Waals surface area (Å²) in [6, 6.07) is 11.8. The molecule has 0 bridgehead atoms. The van der Waals surface area contributed by atoms with E-state index in [9.17, 15) is 17.2 Å². The number of methoxy groups -OCH3 is 1. The number of aromatic nitrogens is 5. The fraction of sp³-hybridized carbons (Fsp3) is 0.323. The van der Waals surface area contributed by atoms with Gasteiger partial charge in [0.2, 0.25) is 0 Å². The van der Waals surface area contributed by atoms with Gasteiger partial charge in [-0.1, -0.05) is 18.2 Å². The Labute approximate surface area is 264 Å². The first-order chi connectivity index (χ1) is 22.1. The number of anilines is 2. The molecular formula is C31H33F2N7O5S. The normalized spacial score (nSPS) is 14.9. The van der Waals surface area contributed by atoms with Crippen LogP contribution in [0, 0.1) is 0 Å². The van der Waals surface area contributed by atoms with Gasteiger partial charge < -0.3 is 19.9 Å². The van der Waals surface area contributed by atoms with Crippen molar-refractivity contribution >= 4 is 32.4 Å². The quantitative estimate of drug-likeness (QED) is 0.198. The molecule has 1 fully saturated rings. The molecule has 242 valence electrons. The molecule has 0 spiro atoms. The first kappa shape index (κ1) is 31.2. The maximum Gasteiger partial charge on any atom is 0.355 e. The summed E-state index contributed by atoms with van der Waals surface area (Å²) in [6.07, 6.45) is 6.59. The topological polar surface area (TPSA) is 148 Å². The molecule has 1 saturated heterocycles. The molecule has 3 N–H and O–H groups in total. The minimum atomic E-state index is -4.99. The maximum atomic E-state index is 13.3. The van der Waals surface area contributed by atoms with Gasteiger partial charge in [-0.25, -0.2) is 13.4 Å². The molecule has 6 rings (SSSR count). The predicted octanol–water partition coefficient (Wildman–Crippen LogP) is 5.55. The number of sulfonamides is 1. The first-order valence-corrected chi connectivity index (χ1v) is 16.1. The molecule has 0 aliphatic carbocycles. The number of nitrogens with two attached hydrogens (primary N) is 1. The summed E-state index contributed by atoms with van der Waals surface area (Å²) in [7, 11) is -1.65. The molecule has 0 radical (unpaired) electrons. The summed E-state index contributed by atoms with van der Waals surface area (Å²) in [6.45, 7) is 3.13. The SMILES string of the molecule is COc1ccc([C@H](C)Oc2cc(-c3nn(C)c4c(-c5cnn(C6CCOCC6)c5)cnc(N)c34)ccc2NS(=O)(=O)C(F)F)cc1. The molecule has 0 saturated carbocycles. The Kier molecular flexibility index (Phi) is 8.53. The highest BCUT2D eigenvalue weighted by atomic mass is 32.2. The van der Waals surface area contributed by atoms with Crippen molar-refractivity contribution in [3.8, 4) is 33.9 Å². The van der Waals surface area contributed by atoms with Crippen LogP contribution in [-0.4, -0.2) is 59.0 Å². The molecule has 12 nitrogen and oxygen atoms in total. The van der Waals surface area contributed by atoms with Crippen LogP contribution >= 0.6 is 0 Å². The second kappa shape index (κ2) is 12.6. The molecule has 15 heteroatoms. The summed E-state index contributed by atoms with van der Waals surface area (Å²) in [4.78, 5) is 4.47. The molecule has 4 heterocycles. The second-order valence-corrected chi connectivity index (χ2v) is 12.6. The molecule has 46 heavy (non-hydrogen) atoms. The number of halogens is 2. The van der Waals surface area contributed by atoms with E-state index in [4.69, 9.17) is 25.0 Å². The Morgan fingerprint density at radius 1 is 1.09 bits per heavy atom. The molecule has 1 atom stereocenters. The molecule has 1 aliphatic rings. The van der Waals surface area contributed by atoms with Gasteiger partial charge in [-0.2, -0.15) is 19.0 Å². The predicted molar refractivity (Wildman–Crippen MR) is 169 cm³/mol. The minimum Gasteiger partial charge on any atom is -0.497 e. The Morgan fingerprint density at radius 3 is 2.52 bits per heavy atom. The van der Waals surface area contributed by atoms with E-state index in [1.165, 1.54) is 6.07 Å². The van der Waals surface area contributed by atoms with Crippen LogP contribution < -0.4 is 19.9 Å². The number of nitrogens with one attached hydrogen (secondary N) is 1. The van der Waals surface area contributed by atoms with E-state index in [1.807, 2.05) is 15.6 Å². The summed E-state index contributed by atoms with van der Waals surface area (Å²) in [5, 5.41) is 9.93. The molecule has 1 aliphatic heterocycles. The van der Waals surface area contributed by atoms with Crippen molar-refractivity contribution in [3.63, 3.8) is 0 Å². The van der Waals surface area contributed by atoms with Crippen molar-refractivity contribution in [1.82, 2.24) is 24.5 Å². The van der Waals surface area contributed by atoms with Crippen molar-refractivity contribution in [2.24, 2.45) is 7.05 Å². The number of alkyl halides is 2. The van der Waals surface area contributed by atoms with Gasteiger partial charge in [0, 0.05) is 49.3 Å². The minimum absolute atomic E-state index is 0.0178. The lowest BCUT2D eigenvalue weighted by atomic mass is 10.0. The number of benzene rings is 2. The summed E-state index contributed by atoms with van der Waals surface area (Å²) < 4.78 is 73.4. The number of rotatable bonds is 10. The Balaban J connectivity index is 1.42. The fourth-order valence-corrected chi connectivity index (χ4v) is 6.12. The number of fused-ring (bicyclic) bond motifs is 1. The van der Waals surface area contributed by atoms with Crippen LogP contribution in [0.15, 0.2) is 61.1 Å². The van der Waals surface area contributed by atoms with Gasteiger partial charge in [0.1, 0.15) is 29.1 Å². The van der Waals surface area contributed by atoms with E-state index in [0.717, 1.165) is 29.5 Å². The Bertz CT molecular complexity index is 1970. The van der Waals surface area contributed by atoms with E-state index in [-0.39, 0.29) is 23.3 Å². The van der Waals surface area contributed by atoms with Crippen LogP contribution in [0.4, 0.5) is 20.3 Å². The number of nitrogens with zero attached hydrogens (tertiary/aromatic N) is 5. The van der Waals surface area contributed by atoms with Crippen LogP contribution in [0.25, 0.3) is 33.3 Å². The lowest BCUT2D eigenvalue weighted by molar-refractivity contribution is 0.0662. The van der Waals surface area contributed by atoms with E-state index in [0.29, 0.717) is 41.1 Å². The van der Waals surface area contributed by atoms with Gasteiger partial charge in [-0.3, -0.25) is 14.1 Å². The molecular weight excluding hydrogens is 620 g/mol. The van der Waals surface area contributed by atoms with Crippen molar-refractivity contribution in [2.45, 2.75) is 37.7 Å². The third-order valence-corrected chi connectivity index (χ3v) is 8.97. The van der Waals surface area contributed by atoms with Crippen LogP contribution in [0.5, 0.6) is 11.5 Å². The van der Waals surface area contributed by atoms with E-state index < -0.39 is 21.9 Å². The molecule has 0 amide bonds. The van der Waals surface area contributed by atoms with Crippen LogP contribution in [0.3, 0.4) is 0 Å². The van der Waals surface area contributed by atoms with Gasteiger partial charge >= 0.3 is 5.76 Å². The monoisotopic (exact) mass is 653 g/mol. The zero-order chi connectivity index (χ0) is 32.6. The zero-order valence-corrected chi connectivity index (χ0v) is 26.2. The fourth-order valence-electron chi connectivity index (χ4n) is 5.56. The number of pyridine rings is 1. The van der Waals surface area contributed by atoms with E-state index >= 15 is 0 Å². The standard InChI is InChI=1S/C31H33F2N7O5S/c1-18(19-4-7-23(43-3)8-5-19)45-26-14-20(6-9-25(26)38-46(41,42)31(32)33)28-27-29(39(2)37-28)24(16-35-30(27)34)21-15-36-40(17-21)22-10-12-44-13-11-22/h4-9,14-18,22,31,38H,10-13H2,1-3H3,(H2,34,35)/t18-/m0/s1. The van der Waals surface area contributed by atoms with E-state index in [2.05, 4.69) is 10.1 Å². The lowest BCUT2D eigenvalue weighted by Gasteiger charge is -2.22. The molecule has 3 aromatic heterocycles. The van der Waals surface area contributed by atoms with Crippen molar-refractivity contribution in [1.29, 1.82) is 0 Å². The number of aryl methyl sites for hydroxylation is 1. The van der Waals surface area contributed by atoms with Crippen molar-refractivity contribution in [2.75, 3.05) is 30.8 Å². The summed E-state index contributed by atoms with van der Waals surface area (Å²) >= 11 is 0. The molecule has 2 aromatic carbocycles. The Morgan fingerprint density at radius 2 is 1.83 bits per heavy atom.